The number of esters is 1. The number of ether oxygens (including phenoxy) is 2. The van der Waals surface area contributed by atoms with Crippen LogP contribution >= 0.6 is 0 Å². The van der Waals surface area contributed by atoms with E-state index in [4.69, 9.17) is 9.47 Å². The summed E-state index contributed by atoms with van der Waals surface area (Å²) in [6, 6.07) is 13.5. The van der Waals surface area contributed by atoms with Gasteiger partial charge in [-0.05, 0) is 61.4 Å². The summed E-state index contributed by atoms with van der Waals surface area (Å²) in [6.07, 6.45) is 3.54. The van der Waals surface area contributed by atoms with Crippen molar-refractivity contribution in [2.45, 2.75) is 32.1 Å². The summed E-state index contributed by atoms with van der Waals surface area (Å²) >= 11 is 0. The van der Waals surface area contributed by atoms with Crippen LogP contribution in [0.4, 0.5) is 11.4 Å². The molecule has 8 nitrogen and oxygen atoms in total. The van der Waals surface area contributed by atoms with E-state index in [0.29, 0.717) is 22.9 Å². The van der Waals surface area contributed by atoms with Gasteiger partial charge in [-0.1, -0.05) is 12.8 Å². The van der Waals surface area contributed by atoms with E-state index in [9.17, 15) is 19.2 Å². The summed E-state index contributed by atoms with van der Waals surface area (Å²) in [6.45, 7) is 0.238. The van der Waals surface area contributed by atoms with Crippen LogP contribution in [0.3, 0.4) is 0 Å². The molecule has 2 saturated heterocycles. The first-order valence-corrected chi connectivity index (χ1v) is 11.6. The van der Waals surface area contributed by atoms with Crippen LogP contribution in [0.15, 0.2) is 48.5 Å². The molecule has 8 heteroatoms. The highest BCUT2D eigenvalue weighted by Gasteiger charge is 2.48. The Balaban J connectivity index is 1.23. The Morgan fingerprint density at radius 1 is 0.824 bits per heavy atom. The molecule has 3 amide bonds. The maximum Gasteiger partial charge on any atom is 0.316 e. The van der Waals surface area contributed by atoms with Crippen molar-refractivity contribution in [2.24, 2.45) is 17.8 Å². The van der Waals surface area contributed by atoms with E-state index in [-0.39, 0.29) is 42.5 Å². The van der Waals surface area contributed by atoms with Crippen molar-refractivity contribution in [3.63, 3.8) is 0 Å². The molecule has 0 N–H and O–H groups in total. The third-order valence-electron chi connectivity index (χ3n) is 7.00. The number of carbonyl (C=O) groups is 4. The molecule has 0 unspecified atom stereocenters. The molecule has 2 heterocycles. The van der Waals surface area contributed by atoms with Gasteiger partial charge < -0.3 is 14.4 Å². The first kappa shape index (κ1) is 22.1. The van der Waals surface area contributed by atoms with Crippen molar-refractivity contribution in [3.8, 4) is 11.5 Å². The molecule has 176 valence electrons. The number of fused-ring (bicyclic) bond motifs is 1. The van der Waals surface area contributed by atoms with Gasteiger partial charge in [0.05, 0.1) is 30.6 Å². The van der Waals surface area contributed by atoms with Crippen molar-refractivity contribution in [3.05, 3.63) is 48.5 Å². The van der Waals surface area contributed by atoms with Gasteiger partial charge in [-0.3, -0.25) is 24.1 Å². The predicted molar refractivity (Wildman–Crippen MR) is 123 cm³/mol. The molecule has 0 bridgehead atoms. The smallest absolute Gasteiger partial charge is 0.316 e. The molecule has 0 aromatic heterocycles. The largest absolute Gasteiger partial charge is 0.497 e. The number of nitrogens with zero attached hydrogens (tertiary/aromatic N) is 2. The second-order valence-electron chi connectivity index (χ2n) is 9.03. The highest BCUT2D eigenvalue weighted by Crippen LogP contribution is 2.40. The molecule has 0 spiro atoms. The van der Waals surface area contributed by atoms with Crippen molar-refractivity contribution in [2.75, 3.05) is 23.5 Å². The molecule has 3 aliphatic rings. The van der Waals surface area contributed by atoms with E-state index in [0.717, 1.165) is 25.7 Å². The second kappa shape index (κ2) is 8.93. The fraction of sp³-hybridized carbons (Fsp3) is 0.385. The number of rotatable bonds is 5. The molecule has 2 aromatic rings. The monoisotopic (exact) mass is 462 g/mol. The lowest BCUT2D eigenvalue weighted by molar-refractivity contribution is -0.139. The molecule has 3 fully saturated rings. The lowest BCUT2D eigenvalue weighted by Gasteiger charge is -2.19. The van der Waals surface area contributed by atoms with Crippen LogP contribution in [0.25, 0.3) is 0 Å². The Kier molecular flexibility index (Phi) is 5.81. The number of methoxy groups -OCH3 is 1. The summed E-state index contributed by atoms with van der Waals surface area (Å²) in [4.78, 5) is 53.6. The predicted octanol–water partition coefficient (Wildman–Crippen LogP) is 3.33. The third-order valence-corrected chi connectivity index (χ3v) is 7.00. The molecule has 2 aliphatic heterocycles. The number of benzene rings is 2. The maximum absolute atomic E-state index is 12.8. The van der Waals surface area contributed by atoms with E-state index in [2.05, 4.69) is 0 Å². The van der Waals surface area contributed by atoms with Gasteiger partial charge in [0.15, 0.2) is 0 Å². The number of imide groups is 1. The zero-order chi connectivity index (χ0) is 23.8. The van der Waals surface area contributed by atoms with Gasteiger partial charge in [0.25, 0.3) is 0 Å². The first-order chi connectivity index (χ1) is 16.5. The summed E-state index contributed by atoms with van der Waals surface area (Å²) in [7, 11) is 1.57. The third kappa shape index (κ3) is 3.93. The van der Waals surface area contributed by atoms with Gasteiger partial charge in [0.1, 0.15) is 11.5 Å². The standard InChI is InChI=1S/C26H26N2O6/c1-33-19-10-6-17(7-11-19)27-15-16(14-23(27)29)26(32)34-20-12-8-18(9-13-20)28-24(30)21-4-2-3-5-22(21)25(28)31/h6-13,16,21-22H,2-5,14-15H2,1H3/t16-,21-,22+/m0/s1. The molecule has 2 aromatic carbocycles. The molecular weight excluding hydrogens is 436 g/mol. The molecule has 34 heavy (non-hydrogen) atoms. The Labute approximate surface area is 197 Å². The SMILES string of the molecule is COc1ccc(N2C[C@@H](C(=O)Oc3ccc(N4C(=O)[C@H]5CCCC[C@H]5C4=O)cc3)CC2=O)cc1. The number of hydrogen-bond acceptors (Lipinski definition) is 6. The average Bonchev–Trinajstić information content (AvgIpc) is 3.37. The highest BCUT2D eigenvalue weighted by atomic mass is 16.5. The second-order valence-corrected chi connectivity index (χ2v) is 9.03. The van der Waals surface area contributed by atoms with Gasteiger partial charge in [0, 0.05) is 18.7 Å². The normalized spacial score (nSPS) is 24.4. The first-order valence-electron chi connectivity index (χ1n) is 11.6. The van der Waals surface area contributed by atoms with Crippen LogP contribution in [0.2, 0.25) is 0 Å². The van der Waals surface area contributed by atoms with Gasteiger partial charge in [-0.25, -0.2) is 0 Å². The quantitative estimate of drug-likeness (QED) is 0.384. The van der Waals surface area contributed by atoms with E-state index < -0.39 is 11.9 Å². The lowest BCUT2D eigenvalue weighted by Crippen LogP contribution is -2.30. The molecule has 1 aliphatic carbocycles. The van der Waals surface area contributed by atoms with Gasteiger partial charge in [0.2, 0.25) is 17.7 Å². The van der Waals surface area contributed by atoms with Crippen LogP contribution in [-0.2, 0) is 19.2 Å². The van der Waals surface area contributed by atoms with E-state index in [1.54, 1.807) is 60.5 Å². The van der Waals surface area contributed by atoms with Crippen molar-refractivity contribution >= 4 is 35.1 Å². The van der Waals surface area contributed by atoms with Crippen molar-refractivity contribution in [1.82, 2.24) is 0 Å². The summed E-state index contributed by atoms with van der Waals surface area (Å²) in [5.74, 6) is -0.929. The molecule has 3 atom stereocenters. The van der Waals surface area contributed by atoms with Crippen LogP contribution < -0.4 is 19.3 Å². The minimum Gasteiger partial charge on any atom is -0.497 e. The van der Waals surface area contributed by atoms with Gasteiger partial charge in [-0.15, -0.1) is 0 Å². The van der Waals surface area contributed by atoms with Crippen LogP contribution in [0.5, 0.6) is 11.5 Å². The van der Waals surface area contributed by atoms with Crippen LogP contribution in [-0.4, -0.2) is 37.3 Å². The fourth-order valence-electron chi connectivity index (χ4n) is 5.16. The minimum absolute atomic E-state index is 0.0719. The molecule has 5 rings (SSSR count). The molecule has 0 radical (unpaired) electrons. The lowest BCUT2D eigenvalue weighted by atomic mass is 9.81. The van der Waals surface area contributed by atoms with E-state index >= 15 is 0 Å². The van der Waals surface area contributed by atoms with Gasteiger partial charge >= 0.3 is 5.97 Å². The van der Waals surface area contributed by atoms with Crippen LogP contribution in [0.1, 0.15) is 32.1 Å². The minimum atomic E-state index is -0.584. The maximum atomic E-state index is 12.8. The zero-order valence-corrected chi connectivity index (χ0v) is 18.9. The summed E-state index contributed by atoms with van der Waals surface area (Å²) < 4.78 is 10.7. The van der Waals surface area contributed by atoms with Crippen molar-refractivity contribution < 1.29 is 28.7 Å². The van der Waals surface area contributed by atoms with Crippen molar-refractivity contribution in [1.29, 1.82) is 0 Å². The Bertz CT molecular complexity index is 1100. The molecule has 1 saturated carbocycles. The highest BCUT2D eigenvalue weighted by molar-refractivity contribution is 6.22. The topological polar surface area (TPSA) is 93.2 Å². The van der Waals surface area contributed by atoms with Crippen LogP contribution in [0, 0.1) is 17.8 Å². The summed E-state index contributed by atoms with van der Waals surface area (Å²) in [5.41, 5.74) is 1.19. The Hall–Kier alpha value is -3.68. The van der Waals surface area contributed by atoms with Gasteiger partial charge in [-0.2, -0.15) is 0 Å². The Morgan fingerprint density at radius 2 is 1.38 bits per heavy atom. The molecular formula is C26H26N2O6. The zero-order valence-electron chi connectivity index (χ0n) is 18.9. The average molecular weight is 463 g/mol. The number of amides is 3. The van der Waals surface area contributed by atoms with E-state index in [1.165, 1.54) is 4.90 Å². The number of hydrogen-bond donors (Lipinski definition) is 0. The number of anilines is 2. The van der Waals surface area contributed by atoms with E-state index in [1.807, 2.05) is 0 Å². The Morgan fingerprint density at radius 3 is 1.97 bits per heavy atom. The summed E-state index contributed by atoms with van der Waals surface area (Å²) in [5, 5.41) is 0. The number of carbonyl (C=O) groups excluding carboxylic acids is 4. The fourth-order valence-corrected chi connectivity index (χ4v) is 5.16.